The molecule has 0 spiro atoms. The average molecular weight is 214 g/mol. The highest BCUT2D eigenvalue weighted by Crippen LogP contribution is 2.15. The fourth-order valence-corrected chi connectivity index (χ4v) is 2.18. The van der Waals surface area contributed by atoms with Crippen molar-refractivity contribution in [3.05, 3.63) is 16.1 Å². The first-order chi connectivity index (χ1) is 6.53. The summed E-state index contributed by atoms with van der Waals surface area (Å²) in [5.74, 6) is 0. The van der Waals surface area contributed by atoms with Crippen LogP contribution in [0.15, 0.2) is 5.38 Å². The molecule has 0 aliphatic rings. The summed E-state index contributed by atoms with van der Waals surface area (Å²) in [5, 5.41) is 3.14. The number of aryl methyl sites for hydroxylation is 1. The monoisotopic (exact) mass is 214 g/mol. The number of nitrogens with two attached hydrogens (primary N) is 1. The molecule has 0 saturated heterocycles. The van der Waals surface area contributed by atoms with E-state index in [0.717, 1.165) is 17.1 Å². The van der Waals surface area contributed by atoms with Crippen molar-refractivity contribution in [2.24, 2.45) is 5.73 Å². The quantitative estimate of drug-likeness (QED) is 0.812. The number of aromatic nitrogens is 1. The van der Waals surface area contributed by atoms with Crippen LogP contribution < -0.4 is 5.73 Å². The molecule has 4 heteroatoms. The highest BCUT2D eigenvalue weighted by atomic mass is 32.1. The third-order valence-electron chi connectivity index (χ3n) is 1.86. The minimum Gasteiger partial charge on any atom is -0.380 e. The minimum atomic E-state index is -0.305. The lowest BCUT2D eigenvalue weighted by Gasteiger charge is -2.22. The summed E-state index contributed by atoms with van der Waals surface area (Å²) in [7, 11) is 0. The summed E-state index contributed by atoms with van der Waals surface area (Å²) < 4.78 is 5.33. The van der Waals surface area contributed by atoms with Gasteiger partial charge in [-0.25, -0.2) is 4.98 Å². The first-order valence-corrected chi connectivity index (χ1v) is 5.69. The number of nitrogens with zero attached hydrogens (tertiary/aromatic N) is 1. The van der Waals surface area contributed by atoms with Gasteiger partial charge in [-0.05, 0) is 20.8 Å². The molecular formula is C10H18N2OS. The van der Waals surface area contributed by atoms with E-state index in [0.29, 0.717) is 13.2 Å². The summed E-state index contributed by atoms with van der Waals surface area (Å²) >= 11 is 1.66. The van der Waals surface area contributed by atoms with Gasteiger partial charge in [0.2, 0.25) is 0 Å². The molecule has 80 valence electrons. The van der Waals surface area contributed by atoms with Crippen LogP contribution in [0.3, 0.4) is 0 Å². The molecule has 0 amide bonds. The fraction of sp³-hybridized carbons (Fsp3) is 0.700. The standard InChI is InChI=1S/C10H18N2OS/c1-4-13-7-10(3,11)5-9-12-8(2)6-14-9/h6H,4-5,7,11H2,1-3H3. The summed E-state index contributed by atoms with van der Waals surface area (Å²) in [4.78, 5) is 4.39. The molecule has 1 aromatic rings. The topological polar surface area (TPSA) is 48.1 Å². The number of hydrogen-bond acceptors (Lipinski definition) is 4. The zero-order valence-electron chi connectivity index (χ0n) is 9.04. The van der Waals surface area contributed by atoms with E-state index in [9.17, 15) is 0 Å². The number of thiazole rings is 1. The molecule has 1 heterocycles. The van der Waals surface area contributed by atoms with E-state index in [4.69, 9.17) is 10.5 Å². The van der Waals surface area contributed by atoms with Gasteiger partial charge in [-0.3, -0.25) is 0 Å². The Hall–Kier alpha value is -0.450. The van der Waals surface area contributed by atoms with E-state index in [1.165, 1.54) is 0 Å². The maximum absolute atomic E-state index is 6.09. The van der Waals surface area contributed by atoms with Crippen molar-refractivity contribution in [1.82, 2.24) is 4.98 Å². The van der Waals surface area contributed by atoms with Crippen LogP contribution >= 0.6 is 11.3 Å². The van der Waals surface area contributed by atoms with Gasteiger partial charge < -0.3 is 10.5 Å². The molecule has 1 atom stereocenters. The summed E-state index contributed by atoms with van der Waals surface area (Å²) in [6, 6.07) is 0. The lowest BCUT2D eigenvalue weighted by atomic mass is 10.0. The molecule has 14 heavy (non-hydrogen) atoms. The number of ether oxygens (including phenoxy) is 1. The Morgan fingerprint density at radius 1 is 1.64 bits per heavy atom. The summed E-state index contributed by atoms with van der Waals surface area (Å²) in [6.45, 7) is 7.27. The third kappa shape index (κ3) is 3.74. The van der Waals surface area contributed by atoms with E-state index >= 15 is 0 Å². The predicted molar refractivity (Wildman–Crippen MR) is 59.6 cm³/mol. The molecule has 1 unspecified atom stereocenters. The van der Waals surface area contributed by atoms with Crippen LogP contribution in [0.25, 0.3) is 0 Å². The largest absolute Gasteiger partial charge is 0.380 e. The van der Waals surface area contributed by atoms with Crippen molar-refractivity contribution < 1.29 is 4.74 Å². The summed E-state index contributed by atoms with van der Waals surface area (Å²) in [5.41, 5.74) is 6.85. The second-order valence-corrected chi connectivity index (χ2v) is 4.79. The van der Waals surface area contributed by atoms with Crippen molar-refractivity contribution in [3.8, 4) is 0 Å². The lowest BCUT2D eigenvalue weighted by molar-refractivity contribution is 0.101. The zero-order valence-corrected chi connectivity index (χ0v) is 9.86. The Kier molecular flexibility index (Phi) is 4.04. The Morgan fingerprint density at radius 3 is 2.86 bits per heavy atom. The second-order valence-electron chi connectivity index (χ2n) is 3.85. The van der Waals surface area contributed by atoms with Crippen molar-refractivity contribution in [3.63, 3.8) is 0 Å². The van der Waals surface area contributed by atoms with Crippen LogP contribution in [0.5, 0.6) is 0 Å². The smallest absolute Gasteiger partial charge is 0.0947 e. The van der Waals surface area contributed by atoms with Gasteiger partial charge in [0.05, 0.1) is 11.6 Å². The fourth-order valence-electron chi connectivity index (χ4n) is 1.22. The van der Waals surface area contributed by atoms with Crippen molar-refractivity contribution in [2.45, 2.75) is 32.7 Å². The van der Waals surface area contributed by atoms with Gasteiger partial charge in [0.25, 0.3) is 0 Å². The predicted octanol–water partition coefficient (Wildman–Crippen LogP) is 1.75. The maximum Gasteiger partial charge on any atom is 0.0947 e. The lowest BCUT2D eigenvalue weighted by Crippen LogP contribution is -2.43. The van der Waals surface area contributed by atoms with Crippen molar-refractivity contribution in [2.75, 3.05) is 13.2 Å². The highest BCUT2D eigenvalue weighted by Gasteiger charge is 2.20. The molecule has 0 aliphatic heterocycles. The molecule has 0 radical (unpaired) electrons. The zero-order chi connectivity index (χ0) is 10.6. The molecule has 1 aromatic heterocycles. The first kappa shape index (κ1) is 11.6. The van der Waals surface area contributed by atoms with Crippen LogP contribution in [0.4, 0.5) is 0 Å². The Labute approximate surface area is 89.3 Å². The van der Waals surface area contributed by atoms with Gasteiger partial charge >= 0.3 is 0 Å². The highest BCUT2D eigenvalue weighted by molar-refractivity contribution is 7.09. The molecule has 0 bridgehead atoms. The molecule has 1 rings (SSSR count). The van der Waals surface area contributed by atoms with Gasteiger partial charge in [0.1, 0.15) is 0 Å². The van der Waals surface area contributed by atoms with E-state index in [-0.39, 0.29) is 5.54 Å². The van der Waals surface area contributed by atoms with Crippen LogP contribution in [0.1, 0.15) is 24.5 Å². The molecular weight excluding hydrogens is 196 g/mol. The van der Waals surface area contributed by atoms with E-state index in [1.54, 1.807) is 11.3 Å². The van der Waals surface area contributed by atoms with Crippen molar-refractivity contribution in [1.29, 1.82) is 0 Å². The van der Waals surface area contributed by atoms with Gasteiger partial charge in [0, 0.05) is 29.6 Å². The number of hydrogen-bond donors (Lipinski definition) is 1. The van der Waals surface area contributed by atoms with Crippen molar-refractivity contribution >= 4 is 11.3 Å². The molecule has 0 fully saturated rings. The Balaban J connectivity index is 2.49. The van der Waals surface area contributed by atoms with E-state index in [2.05, 4.69) is 4.98 Å². The Bertz CT molecular complexity index is 283. The molecule has 0 saturated carbocycles. The minimum absolute atomic E-state index is 0.305. The van der Waals surface area contributed by atoms with E-state index in [1.807, 2.05) is 26.2 Å². The first-order valence-electron chi connectivity index (χ1n) is 4.81. The van der Waals surface area contributed by atoms with Crippen LogP contribution in [0.2, 0.25) is 0 Å². The summed E-state index contributed by atoms with van der Waals surface area (Å²) in [6.07, 6.45) is 0.783. The second kappa shape index (κ2) is 4.87. The number of rotatable bonds is 5. The third-order valence-corrected chi connectivity index (χ3v) is 2.82. The Morgan fingerprint density at radius 2 is 2.36 bits per heavy atom. The normalized spacial score (nSPS) is 15.4. The van der Waals surface area contributed by atoms with Crippen LogP contribution in [-0.4, -0.2) is 23.7 Å². The molecule has 0 aliphatic carbocycles. The SMILES string of the molecule is CCOCC(C)(N)Cc1nc(C)cs1. The maximum atomic E-state index is 6.09. The molecule has 3 nitrogen and oxygen atoms in total. The van der Waals surface area contributed by atoms with E-state index < -0.39 is 0 Å². The van der Waals surface area contributed by atoms with Gasteiger partial charge in [-0.1, -0.05) is 0 Å². The molecule has 0 aromatic carbocycles. The van der Waals surface area contributed by atoms with Gasteiger partial charge in [0.15, 0.2) is 0 Å². The van der Waals surface area contributed by atoms with Gasteiger partial charge in [-0.2, -0.15) is 0 Å². The van der Waals surface area contributed by atoms with Gasteiger partial charge in [-0.15, -0.1) is 11.3 Å². The van der Waals surface area contributed by atoms with Crippen LogP contribution in [-0.2, 0) is 11.2 Å². The average Bonchev–Trinajstić information content (AvgIpc) is 2.47. The van der Waals surface area contributed by atoms with Crippen LogP contribution in [0, 0.1) is 6.92 Å². The molecule has 2 N–H and O–H groups in total.